The molecule has 0 unspecified atom stereocenters. The molecule has 1 aromatic carbocycles. The average molecular weight is 636 g/mol. The summed E-state index contributed by atoms with van der Waals surface area (Å²) >= 11 is 0. The highest BCUT2D eigenvalue weighted by Gasteiger charge is 2.29. The van der Waals surface area contributed by atoms with Crippen LogP contribution < -0.4 is 20.3 Å². The molecule has 3 aromatic rings. The second-order valence-corrected chi connectivity index (χ2v) is 12.5. The minimum absolute atomic E-state index is 0.0431. The van der Waals surface area contributed by atoms with Gasteiger partial charge in [-0.2, -0.15) is 0 Å². The van der Waals surface area contributed by atoms with Crippen molar-refractivity contribution in [3.8, 4) is 5.75 Å². The van der Waals surface area contributed by atoms with Crippen molar-refractivity contribution in [1.29, 1.82) is 0 Å². The van der Waals surface area contributed by atoms with E-state index in [9.17, 15) is 19.1 Å². The van der Waals surface area contributed by atoms with Crippen LogP contribution in [0.2, 0.25) is 0 Å². The van der Waals surface area contributed by atoms with E-state index >= 15 is 0 Å². The Balaban J connectivity index is 1.03. The van der Waals surface area contributed by atoms with Crippen molar-refractivity contribution in [3.63, 3.8) is 0 Å². The molecular formula is C33H42FN7O5. The topological polar surface area (TPSA) is 136 Å². The summed E-state index contributed by atoms with van der Waals surface area (Å²) in [6.07, 6.45) is 4.55. The molecule has 2 amide bonds. The Morgan fingerprint density at radius 3 is 2.67 bits per heavy atom. The number of fused-ring (bicyclic) bond motifs is 1. The van der Waals surface area contributed by atoms with Gasteiger partial charge in [0.1, 0.15) is 18.2 Å². The largest absolute Gasteiger partial charge is 0.482 e. The second kappa shape index (κ2) is 14.0. The molecule has 3 aliphatic rings. The fourth-order valence-electron chi connectivity index (χ4n) is 6.21. The van der Waals surface area contributed by atoms with Gasteiger partial charge in [-0.05, 0) is 68.0 Å². The number of aromatic nitrogens is 2. The van der Waals surface area contributed by atoms with E-state index in [-0.39, 0.29) is 36.8 Å². The molecule has 3 aliphatic heterocycles. The molecule has 13 heteroatoms. The van der Waals surface area contributed by atoms with E-state index in [1.807, 2.05) is 6.07 Å². The number of nitrogens with one attached hydrogen (secondary N) is 2. The highest BCUT2D eigenvalue weighted by molar-refractivity contribution is 5.95. The van der Waals surface area contributed by atoms with E-state index in [1.165, 1.54) is 18.9 Å². The summed E-state index contributed by atoms with van der Waals surface area (Å²) in [6.45, 7) is 8.02. The number of aryl methyl sites for hydroxylation is 1. The lowest BCUT2D eigenvalue weighted by Gasteiger charge is -2.39. The lowest BCUT2D eigenvalue weighted by molar-refractivity contribution is -0.132. The van der Waals surface area contributed by atoms with Gasteiger partial charge in [0.05, 0.1) is 17.8 Å². The molecule has 0 bridgehead atoms. The third kappa shape index (κ3) is 7.59. The molecule has 0 aliphatic carbocycles. The Morgan fingerprint density at radius 1 is 1.13 bits per heavy atom. The second-order valence-electron chi connectivity index (χ2n) is 12.5. The van der Waals surface area contributed by atoms with Crippen molar-refractivity contribution in [2.24, 2.45) is 0 Å². The molecule has 0 radical (unpaired) electrons. The Bertz CT molecular complexity index is 1550. The van der Waals surface area contributed by atoms with E-state index in [1.54, 1.807) is 30.9 Å². The number of amides is 2. The number of anilines is 2. The first-order valence-corrected chi connectivity index (χ1v) is 16.0. The van der Waals surface area contributed by atoms with Crippen LogP contribution in [0.25, 0.3) is 0 Å². The Kier molecular flexibility index (Phi) is 9.69. The number of piperidine rings is 1. The number of carbonyl (C=O) groups excluding carboxylic acids is 2. The first-order valence-electron chi connectivity index (χ1n) is 16.0. The monoisotopic (exact) mass is 635 g/mol. The standard InChI is InChI=1S/C33H42FN7O5/c1-21-30(46-20-36-21)19-45-29-11-23-6-9-39(15-25(23)10-28(29)34)18-27(43)14-35-33(44)24-12-31(37-26-16-41(17-26)22(2)42)38-32(13-24)40-7-4-3-5-8-40/h10-13,20,26-27,43H,3-9,14-19H2,1-2H3,(H,35,44)(H,37,38)/t27-/m0/s1. The van der Waals surface area contributed by atoms with Crippen LogP contribution in [0.15, 0.2) is 35.1 Å². The van der Waals surface area contributed by atoms with E-state index in [0.717, 1.165) is 42.9 Å². The molecular weight excluding hydrogens is 593 g/mol. The van der Waals surface area contributed by atoms with Crippen molar-refractivity contribution in [1.82, 2.24) is 25.1 Å². The van der Waals surface area contributed by atoms with Crippen LogP contribution in [0, 0.1) is 12.7 Å². The lowest BCUT2D eigenvalue weighted by atomic mass is 9.99. The molecule has 0 spiro atoms. The number of β-amino-alcohol motifs (C(OH)–C–C–N with tert-alkyl or cyclic N) is 1. The van der Waals surface area contributed by atoms with Crippen molar-refractivity contribution in [2.45, 2.75) is 64.8 Å². The molecule has 246 valence electrons. The number of benzene rings is 1. The SMILES string of the molecule is CC(=O)N1CC(Nc2cc(C(=O)NC[C@H](O)CN3CCc4cc(OCc5ocnc5C)c(F)cc4C3)cc(N3CCCCC3)n2)C1. The van der Waals surface area contributed by atoms with Gasteiger partial charge in [0.25, 0.3) is 5.91 Å². The van der Waals surface area contributed by atoms with Crippen LogP contribution in [0.5, 0.6) is 5.75 Å². The summed E-state index contributed by atoms with van der Waals surface area (Å²) < 4.78 is 25.8. The van der Waals surface area contributed by atoms with E-state index in [0.29, 0.717) is 62.0 Å². The average Bonchev–Trinajstić information content (AvgIpc) is 3.44. The summed E-state index contributed by atoms with van der Waals surface area (Å²) in [5.74, 6) is 1.39. The molecule has 1 atom stereocenters. The molecule has 5 heterocycles. The predicted octanol–water partition coefficient (Wildman–Crippen LogP) is 2.88. The Hall–Kier alpha value is -4.23. The zero-order valence-electron chi connectivity index (χ0n) is 26.4. The molecule has 0 saturated carbocycles. The number of aliphatic hydroxyl groups is 1. The molecule has 2 aromatic heterocycles. The zero-order chi connectivity index (χ0) is 32.2. The number of nitrogens with zero attached hydrogens (tertiary/aromatic N) is 5. The fraction of sp³-hybridized carbons (Fsp3) is 0.515. The van der Waals surface area contributed by atoms with Crippen LogP contribution >= 0.6 is 0 Å². The zero-order valence-corrected chi connectivity index (χ0v) is 26.4. The summed E-state index contributed by atoms with van der Waals surface area (Å²) in [5, 5.41) is 17.1. The van der Waals surface area contributed by atoms with Crippen molar-refractivity contribution >= 4 is 23.5 Å². The molecule has 2 fully saturated rings. The van der Waals surface area contributed by atoms with E-state index in [2.05, 4.69) is 25.4 Å². The first-order chi connectivity index (χ1) is 22.2. The normalized spacial score (nSPS) is 17.7. The van der Waals surface area contributed by atoms with Crippen molar-refractivity contribution < 1.29 is 28.2 Å². The van der Waals surface area contributed by atoms with Crippen LogP contribution in [0.3, 0.4) is 0 Å². The van der Waals surface area contributed by atoms with Gasteiger partial charge in [-0.3, -0.25) is 14.5 Å². The maximum atomic E-state index is 14.9. The van der Waals surface area contributed by atoms with Crippen LogP contribution in [0.4, 0.5) is 16.0 Å². The smallest absolute Gasteiger partial charge is 0.251 e. The number of ether oxygens (including phenoxy) is 1. The number of pyridine rings is 1. The van der Waals surface area contributed by atoms with Gasteiger partial charge in [-0.1, -0.05) is 0 Å². The van der Waals surface area contributed by atoms with Gasteiger partial charge in [0.2, 0.25) is 5.91 Å². The molecule has 46 heavy (non-hydrogen) atoms. The Labute approximate surface area is 267 Å². The van der Waals surface area contributed by atoms with Gasteiger partial charge in [0, 0.05) is 64.8 Å². The number of oxazole rings is 1. The maximum Gasteiger partial charge on any atom is 0.251 e. The summed E-state index contributed by atoms with van der Waals surface area (Å²) in [7, 11) is 0. The van der Waals surface area contributed by atoms with Crippen molar-refractivity contribution in [2.75, 3.05) is 56.0 Å². The highest BCUT2D eigenvalue weighted by Crippen LogP contribution is 2.28. The van der Waals surface area contributed by atoms with Crippen LogP contribution in [-0.2, 0) is 24.4 Å². The first kappa shape index (κ1) is 31.7. The van der Waals surface area contributed by atoms with Gasteiger partial charge < -0.3 is 34.7 Å². The van der Waals surface area contributed by atoms with Crippen LogP contribution in [0.1, 0.15) is 59.1 Å². The predicted molar refractivity (Wildman–Crippen MR) is 169 cm³/mol. The molecule has 3 N–H and O–H groups in total. The number of hydrogen-bond acceptors (Lipinski definition) is 10. The number of halogens is 1. The highest BCUT2D eigenvalue weighted by atomic mass is 19.1. The minimum atomic E-state index is -0.809. The third-order valence-corrected chi connectivity index (χ3v) is 8.95. The van der Waals surface area contributed by atoms with Gasteiger partial charge >= 0.3 is 0 Å². The van der Waals surface area contributed by atoms with E-state index in [4.69, 9.17) is 14.1 Å². The minimum Gasteiger partial charge on any atom is -0.482 e. The third-order valence-electron chi connectivity index (χ3n) is 8.95. The summed E-state index contributed by atoms with van der Waals surface area (Å²) in [4.78, 5) is 39.7. The number of likely N-dealkylation sites (tertiary alicyclic amines) is 1. The summed E-state index contributed by atoms with van der Waals surface area (Å²) in [5.41, 5.74) is 3.03. The number of rotatable bonds is 11. The summed E-state index contributed by atoms with van der Waals surface area (Å²) in [6, 6.07) is 6.85. The van der Waals surface area contributed by atoms with Crippen LogP contribution in [-0.4, -0.2) is 94.6 Å². The Morgan fingerprint density at radius 2 is 1.93 bits per heavy atom. The van der Waals surface area contributed by atoms with Gasteiger partial charge in [-0.25, -0.2) is 14.4 Å². The lowest BCUT2D eigenvalue weighted by Crippen LogP contribution is -2.56. The molecule has 6 rings (SSSR count). The van der Waals surface area contributed by atoms with E-state index < -0.39 is 11.9 Å². The molecule has 2 saturated heterocycles. The quantitative estimate of drug-likeness (QED) is 0.289. The maximum absolute atomic E-state index is 14.9. The number of aliphatic hydroxyl groups excluding tert-OH is 1. The van der Waals surface area contributed by atoms with Gasteiger partial charge in [-0.15, -0.1) is 0 Å². The number of carbonyl (C=O) groups is 2. The van der Waals surface area contributed by atoms with Gasteiger partial charge in [0.15, 0.2) is 23.7 Å². The fourth-order valence-corrected chi connectivity index (χ4v) is 6.21. The van der Waals surface area contributed by atoms with Crippen molar-refractivity contribution in [3.05, 3.63) is 64.6 Å². The number of hydrogen-bond donors (Lipinski definition) is 3. The molecule has 12 nitrogen and oxygen atoms in total.